The highest BCUT2D eigenvalue weighted by Crippen LogP contribution is 2.21. The lowest BCUT2D eigenvalue weighted by atomic mass is 10.1. The van der Waals surface area contributed by atoms with Crippen molar-refractivity contribution in [2.75, 3.05) is 13.7 Å². The van der Waals surface area contributed by atoms with E-state index in [1.165, 1.54) is 5.69 Å². The molecule has 1 N–H and O–H groups in total. The highest BCUT2D eigenvalue weighted by Gasteiger charge is 2.27. The molecule has 3 heterocycles. The number of aromatic nitrogens is 2. The molecule has 0 amide bonds. The van der Waals surface area contributed by atoms with Crippen LogP contribution in [0.2, 0.25) is 0 Å². The quantitative estimate of drug-likeness (QED) is 0.644. The molecule has 0 bridgehead atoms. The Labute approximate surface area is 171 Å². The molecule has 1 atom stereocenters. The number of rotatable bonds is 7. The second kappa shape index (κ2) is 8.36. The fraction of sp³-hybridized carbons (Fsp3) is 0.286. The first kappa shape index (κ1) is 19.6. The number of nitrogens with one attached hydrogen (secondary N) is 1. The van der Waals surface area contributed by atoms with Crippen LogP contribution in [0.25, 0.3) is 0 Å². The second-order valence-corrected chi connectivity index (χ2v) is 8.87. The zero-order valence-corrected chi connectivity index (χ0v) is 17.0. The zero-order valence-electron chi connectivity index (χ0n) is 16.2. The first-order chi connectivity index (χ1) is 14.0. The van der Waals surface area contributed by atoms with Crippen LogP contribution in [0.3, 0.4) is 0 Å². The van der Waals surface area contributed by atoms with Crippen molar-refractivity contribution in [2.24, 2.45) is 0 Å². The van der Waals surface area contributed by atoms with E-state index in [2.05, 4.69) is 25.2 Å². The minimum atomic E-state index is -3.60. The fourth-order valence-electron chi connectivity index (χ4n) is 3.60. The minimum Gasteiger partial charge on any atom is -0.497 e. The summed E-state index contributed by atoms with van der Waals surface area (Å²) in [6.45, 7) is 2.53. The summed E-state index contributed by atoms with van der Waals surface area (Å²) in [6.07, 6.45) is 5.65. The molecule has 0 radical (unpaired) electrons. The van der Waals surface area contributed by atoms with Gasteiger partial charge in [0, 0.05) is 56.5 Å². The minimum absolute atomic E-state index is 0.0307. The molecule has 0 aliphatic carbocycles. The van der Waals surface area contributed by atoms with E-state index in [1.54, 1.807) is 37.6 Å². The molecule has 1 aromatic carbocycles. The van der Waals surface area contributed by atoms with Gasteiger partial charge in [0.2, 0.25) is 10.0 Å². The second-order valence-electron chi connectivity index (χ2n) is 7.10. The molecule has 2 aromatic heterocycles. The number of hydrogen-bond donors (Lipinski definition) is 1. The number of sulfonamides is 1. The van der Waals surface area contributed by atoms with Gasteiger partial charge in [-0.1, -0.05) is 6.07 Å². The predicted molar refractivity (Wildman–Crippen MR) is 110 cm³/mol. The smallest absolute Gasteiger partial charge is 0.240 e. The van der Waals surface area contributed by atoms with Crippen LogP contribution in [0, 0.1) is 0 Å². The molecule has 7 nitrogen and oxygen atoms in total. The number of benzene rings is 1. The molecule has 8 heteroatoms. The molecular formula is C21H24N4O3S. The Morgan fingerprint density at radius 3 is 2.72 bits per heavy atom. The average molecular weight is 413 g/mol. The molecule has 3 aromatic rings. The average Bonchev–Trinajstić information content (AvgIpc) is 3.20. The Bertz CT molecular complexity index is 1050. The summed E-state index contributed by atoms with van der Waals surface area (Å²) in [4.78, 5) is 6.72. The Morgan fingerprint density at radius 1 is 1.17 bits per heavy atom. The number of nitrogens with zero attached hydrogens (tertiary/aromatic N) is 3. The van der Waals surface area contributed by atoms with Crippen molar-refractivity contribution < 1.29 is 13.2 Å². The van der Waals surface area contributed by atoms with Gasteiger partial charge in [0.25, 0.3) is 0 Å². The van der Waals surface area contributed by atoms with Gasteiger partial charge in [-0.25, -0.2) is 13.1 Å². The Balaban J connectivity index is 1.49. The van der Waals surface area contributed by atoms with Gasteiger partial charge in [0.05, 0.1) is 12.0 Å². The first-order valence-electron chi connectivity index (χ1n) is 9.46. The van der Waals surface area contributed by atoms with E-state index in [0.29, 0.717) is 18.8 Å². The number of pyridine rings is 1. The Morgan fingerprint density at radius 2 is 2.00 bits per heavy atom. The molecule has 1 unspecified atom stereocenters. The van der Waals surface area contributed by atoms with E-state index in [0.717, 1.165) is 18.7 Å². The highest BCUT2D eigenvalue weighted by atomic mass is 32.2. The van der Waals surface area contributed by atoms with Crippen LogP contribution in [0.1, 0.15) is 11.3 Å². The van der Waals surface area contributed by atoms with Gasteiger partial charge < -0.3 is 9.30 Å². The van der Waals surface area contributed by atoms with Crippen LogP contribution in [-0.4, -0.2) is 42.6 Å². The molecule has 1 aliphatic heterocycles. The van der Waals surface area contributed by atoms with Gasteiger partial charge >= 0.3 is 0 Å². The SMILES string of the molecule is COc1ccc(S(=O)(=O)NCC2Cn3cccc3CN2Cc2cccnc2)cc1. The van der Waals surface area contributed by atoms with Gasteiger partial charge in [-0.05, 0) is 48.0 Å². The van der Waals surface area contributed by atoms with Crippen LogP contribution in [0.4, 0.5) is 0 Å². The van der Waals surface area contributed by atoms with Crippen LogP contribution < -0.4 is 9.46 Å². The van der Waals surface area contributed by atoms with E-state index < -0.39 is 10.0 Å². The largest absolute Gasteiger partial charge is 0.497 e. The molecule has 0 saturated carbocycles. The van der Waals surface area contributed by atoms with Crippen LogP contribution in [-0.2, 0) is 29.7 Å². The molecule has 0 saturated heterocycles. The monoisotopic (exact) mass is 412 g/mol. The van der Waals surface area contributed by atoms with E-state index in [4.69, 9.17) is 4.74 Å². The topological polar surface area (TPSA) is 76.5 Å². The summed E-state index contributed by atoms with van der Waals surface area (Å²) in [5.41, 5.74) is 2.33. The highest BCUT2D eigenvalue weighted by molar-refractivity contribution is 7.89. The van der Waals surface area contributed by atoms with Crippen molar-refractivity contribution in [1.82, 2.24) is 19.2 Å². The van der Waals surface area contributed by atoms with Gasteiger partial charge in [-0.2, -0.15) is 0 Å². The Kier molecular flexibility index (Phi) is 5.66. The standard InChI is InChI=1S/C21H24N4O3S/c1-28-20-6-8-21(9-7-20)29(26,27)23-13-19-16-24-11-3-5-18(24)15-25(19)14-17-4-2-10-22-12-17/h2-12,19,23H,13-16H2,1H3. The lowest BCUT2D eigenvalue weighted by Gasteiger charge is -2.37. The van der Waals surface area contributed by atoms with Crippen molar-refractivity contribution >= 4 is 10.0 Å². The molecular weight excluding hydrogens is 388 g/mol. The van der Waals surface area contributed by atoms with Crippen molar-refractivity contribution in [3.05, 3.63) is 78.4 Å². The van der Waals surface area contributed by atoms with Gasteiger partial charge in [-0.15, -0.1) is 0 Å². The fourth-order valence-corrected chi connectivity index (χ4v) is 4.67. The molecule has 0 fully saturated rings. The molecule has 152 valence electrons. The van der Waals surface area contributed by atoms with E-state index in [9.17, 15) is 8.42 Å². The molecule has 29 heavy (non-hydrogen) atoms. The third-order valence-electron chi connectivity index (χ3n) is 5.20. The third kappa shape index (κ3) is 4.50. The van der Waals surface area contributed by atoms with E-state index in [-0.39, 0.29) is 10.9 Å². The summed E-state index contributed by atoms with van der Waals surface area (Å²) < 4.78 is 35.6. The van der Waals surface area contributed by atoms with Gasteiger partial charge in [-0.3, -0.25) is 9.88 Å². The van der Waals surface area contributed by atoms with Crippen molar-refractivity contribution in [2.45, 2.75) is 30.6 Å². The lowest BCUT2D eigenvalue weighted by Crippen LogP contribution is -2.48. The van der Waals surface area contributed by atoms with Crippen molar-refractivity contribution in [1.29, 1.82) is 0 Å². The number of hydrogen-bond acceptors (Lipinski definition) is 5. The summed E-state index contributed by atoms with van der Waals surface area (Å²) in [7, 11) is -2.05. The number of fused-ring (bicyclic) bond motifs is 1. The van der Waals surface area contributed by atoms with Crippen LogP contribution >= 0.6 is 0 Å². The molecule has 1 aliphatic rings. The van der Waals surface area contributed by atoms with Gasteiger partial charge in [0.1, 0.15) is 5.75 Å². The maximum Gasteiger partial charge on any atom is 0.240 e. The number of ether oxygens (including phenoxy) is 1. The summed E-state index contributed by atoms with van der Waals surface area (Å²) in [5, 5.41) is 0. The number of methoxy groups -OCH3 is 1. The van der Waals surface area contributed by atoms with E-state index >= 15 is 0 Å². The predicted octanol–water partition coefficient (Wildman–Crippen LogP) is 2.25. The lowest BCUT2D eigenvalue weighted by molar-refractivity contribution is 0.133. The summed E-state index contributed by atoms with van der Waals surface area (Å²) in [5.74, 6) is 0.624. The zero-order chi connectivity index (χ0) is 20.3. The van der Waals surface area contributed by atoms with Crippen LogP contribution in [0.15, 0.2) is 72.0 Å². The first-order valence-corrected chi connectivity index (χ1v) is 10.9. The van der Waals surface area contributed by atoms with Gasteiger partial charge in [0.15, 0.2) is 0 Å². The Hall–Kier alpha value is -2.68. The summed E-state index contributed by atoms with van der Waals surface area (Å²) >= 11 is 0. The third-order valence-corrected chi connectivity index (χ3v) is 6.64. The maximum absolute atomic E-state index is 12.7. The molecule has 0 spiro atoms. The maximum atomic E-state index is 12.7. The normalized spacial score (nSPS) is 17.1. The van der Waals surface area contributed by atoms with E-state index in [1.807, 2.05) is 30.6 Å². The molecule has 4 rings (SSSR count). The van der Waals surface area contributed by atoms with Crippen molar-refractivity contribution in [3.63, 3.8) is 0 Å². The van der Waals surface area contributed by atoms with Crippen LogP contribution in [0.5, 0.6) is 5.75 Å². The summed E-state index contributed by atoms with van der Waals surface area (Å²) in [6, 6.07) is 14.5. The van der Waals surface area contributed by atoms with Crippen molar-refractivity contribution in [3.8, 4) is 5.75 Å².